The first-order valence-electron chi connectivity index (χ1n) is 5.49. The predicted molar refractivity (Wildman–Crippen MR) is 83.9 cm³/mol. The van der Waals surface area contributed by atoms with Crippen LogP contribution >= 0.6 is 43.5 Å². The Morgan fingerprint density at radius 2 is 1.84 bits per heavy atom. The third-order valence-corrected chi connectivity index (χ3v) is 4.16. The lowest BCUT2D eigenvalue weighted by Gasteiger charge is -2.17. The summed E-state index contributed by atoms with van der Waals surface area (Å²) in [6.07, 6.45) is -0.809. The molecule has 5 heteroatoms. The van der Waals surface area contributed by atoms with E-state index in [-0.39, 0.29) is 0 Å². The summed E-state index contributed by atoms with van der Waals surface area (Å²) in [6, 6.07) is 10.8. The number of rotatable bonds is 3. The molecule has 2 rings (SSSR count). The molecule has 2 aromatic rings. The van der Waals surface area contributed by atoms with Gasteiger partial charge in [0, 0.05) is 19.5 Å². The summed E-state index contributed by atoms with van der Waals surface area (Å²) in [5.41, 5.74) is 1.39. The van der Waals surface area contributed by atoms with Gasteiger partial charge in [-0.15, -0.1) is 0 Å². The molecule has 0 saturated carbocycles. The molecule has 0 radical (unpaired) electrons. The van der Waals surface area contributed by atoms with Gasteiger partial charge in [-0.05, 0) is 35.9 Å². The fourth-order valence-electron chi connectivity index (χ4n) is 1.81. The van der Waals surface area contributed by atoms with Gasteiger partial charge in [-0.2, -0.15) is 0 Å². The molecule has 0 aliphatic rings. The molecule has 1 atom stereocenters. The van der Waals surface area contributed by atoms with Gasteiger partial charge in [-0.1, -0.05) is 49.5 Å². The Labute approximate surface area is 133 Å². The summed E-state index contributed by atoms with van der Waals surface area (Å²) in [7, 11) is 1.57. The molecule has 0 aromatic heterocycles. The van der Waals surface area contributed by atoms with E-state index in [4.69, 9.17) is 16.3 Å². The standard InChI is InChI=1S/C14H11Br2ClO2/c1-19-13-5-3-9(17)7-11(13)14(18)10-4-2-8(15)6-12(10)16/h2-7,14,18H,1H3. The Morgan fingerprint density at radius 3 is 2.47 bits per heavy atom. The largest absolute Gasteiger partial charge is 0.496 e. The number of benzene rings is 2. The third kappa shape index (κ3) is 3.31. The fourth-order valence-corrected chi connectivity index (χ4v) is 3.25. The summed E-state index contributed by atoms with van der Waals surface area (Å²) in [5, 5.41) is 11.1. The number of halogens is 3. The van der Waals surface area contributed by atoms with E-state index in [1.165, 1.54) is 0 Å². The first-order valence-corrected chi connectivity index (χ1v) is 7.45. The van der Waals surface area contributed by atoms with Crippen molar-refractivity contribution in [2.75, 3.05) is 7.11 Å². The molecule has 1 unspecified atom stereocenters. The van der Waals surface area contributed by atoms with E-state index in [1.54, 1.807) is 25.3 Å². The van der Waals surface area contributed by atoms with Crippen LogP contribution in [0.2, 0.25) is 5.02 Å². The molecule has 1 N–H and O–H groups in total. The third-order valence-electron chi connectivity index (χ3n) is 2.74. The van der Waals surface area contributed by atoms with E-state index in [1.807, 2.05) is 18.2 Å². The minimum absolute atomic E-state index is 0.558. The zero-order chi connectivity index (χ0) is 14.0. The SMILES string of the molecule is COc1ccc(Cl)cc1C(O)c1ccc(Br)cc1Br. The van der Waals surface area contributed by atoms with Crippen LogP contribution in [-0.4, -0.2) is 12.2 Å². The number of hydrogen-bond donors (Lipinski definition) is 1. The molecule has 0 aliphatic heterocycles. The van der Waals surface area contributed by atoms with Gasteiger partial charge < -0.3 is 9.84 Å². The summed E-state index contributed by atoms with van der Waals surface area (Å²) in [4.78, 5) is 0. The first-order chi connectivity index (χ1) is 9.02. The Balaban J connectivity index is 2.49. The van der Waals surface area contributed by atoms with Crippen molar-refractivity contribution in [1.82, 2.24) is 0 Å². The minimum Gasteiger partial charge on any atom is -0.496 e. The molecule has 0 amide bonds. The molecule has 0 spiro atoms. The Kier molecular flexibility index (Phi) is 4.90. The van der Waals surface area contributed by atoms with Gasteiger partial charge in [0.15, 0.2) is 0 Å². The highest BCUT2D eigenvalue weighted by molar-refractivity contribution is 9.11. The van der Waals surface area contributed by atoms with Crippen molar-refractivity contribution in [2.24, 2.45) is 0 Å². The quantitative estimate of drug-likeness (QED) is 0.781. The summed E-state index contributed by atoms with van der Waals surface area (Å²) in [6.45, 7) is 0. The molecular weight excluding hydrogens is 395 g/mol. The molecule has 0 fully saturated rings. The van der Waals surface area contributed by atoms with Gasteiger partial charge >= 0.3 is 0 Å². The summed E-state index contributed by atoms with van der Waals surface area (Å²) in [5.74, 6) is 0.603. The molecule has 0 aliphatic carbocycles. The monoisotopic (exact) mass is 404 g/mol. The molecule has 2 aromatic carbocycles. The minimum atomic E-state index is -0.809. The van der Waals surface area contributed by atoms with E-state index in [0.717, 1.165) is 14.5 Å². The maximum atomic E-state index is 10.5. The number of methoxy groups -OCH3 is 1. The lowest BCUT2D eigenvalue weighted by Crippen LogP contribution is -2.03. The normalized spacial score (nSPS) is 12.3. The fraction of sp³-hybridized carbons (Fsp3) is 0.143. The number of aliphatic hydroxyl groups is 1. The van der Waals surface area contributed by atoms with Crippen molar-refractivity contribution in [3.05, 3.63) is 61.5 Å². The number of hydrogen-bond acceptors (Lipinski definition) is 2. The van der Waals surface area contributed by atoms with E-state index in [0.29, 0.717) is 16.3 Å². The van der Waals surface area contributed by atoms with Gasteiger partial charge in [0.05, 0.1) is 7.11 Å². The number of aliphatic hydroxyl groups excluding tert-OH is 1. The Bertz CT molecular complexity index is 602. The van der Waals surface area contributed by atoms with E-state index < -0.39 is 6.10 Å². The van der Waals surface area contributed by atoms with Crippen LogP contribution in [-0.2, 0) is 0 Å². The molecule has 19 heavy (non-hydrogen) atoms. The van der Waals surface area contributed by atoms with E-state index in [9.17, 15) is 5.11 Å². The number of ether oxygens (including phenoxy) is 1. The van der Waals surface area contributed by atoms with Crippen LogP contribution in [0.1, 0.15) is 17.2 Å². The Hall–Kier alpha value is -0.550. The smallest absolute Gasteiger partial charge is 0.125 e. The van der Waals surface area contributed by atoms with Crippen LogP contribution in [0.15, 0.2) is 45.3 Å². The van der Waals surface area contributed by atoms with Crippen molar-refractivity contribution in [1.29, 1.82) is 0 Å². The van der Waals surface area contributed by atoms with E-state index in [2.05, 4.69) is 31.9 Å². The average Bonchev–Trinajstić information content (AvgIpc) is 2.38. The van der Waals surface area contributed by atoms with Crippen LogP contribution < -0.4 is 4.74 Å². The van der Waals surface area contributed by atoms with Crippen LogP contribution in [0.25, 0.3) is 0 Å². The highest BCUT2D eigenvalue weighted by Gasteiger charge is 2.18. The van der Waals surface area contributed by atoms with Crippen LogP contribution in [0, 0.1) is 0 Å². The molecule has 2 nitrogen and oxygen atoms in total. The van der Waals surface area contributed by atoms with Gasteiger partial charge in [0.25, 0.3) is 0 Å². The zero-order valence-electron chi connectivity index (χ0n) is 10.0. The van der Waals surface area contributed by atoms with Gasteiger partial charge in [-0.3, -0.25) is 0 Å². The molecular formula is C14H11Br2ClO2. The van der Waals surface area contributed by atoms with Crippen molar-refractivity contribution in [3.8, 4) is 5.75 Å². The van der Waals surface area contributed by atoms with Crippen LogP contribution in [0.4, 0.5) is 0 Å². The lowest BCUT2D eigenvalue weighted by molar-refractivity contribution is 0.214. The maximum absolute atomic E-state index is 10.5. The van der Waals surface area contributed by atoms with Gasteiger partial charge in [0.2, 0.25) is 0 Å². The molecule has 100 valence electrons. The van der Waals surface area contributed by atoms with Crippen molar-refractivity contribution in [2.45, 2.75) is 6.10 Å². The molecule has 0 bridgehead atoms. The lowest BCUT2D eigenvalue weighted by atomic mass is 10.0. The summed E-state index contributed by atoms with van der Waals surface area (Å²) >= 11 is 12.8. The van der Waals surface area contributed by atoms with Crippen molar-refractivity contribution in [3.63, 3.8) is 0 Å². The van der Waals surface area contributed by atoms with Gasteiger partial charge in [0.1, 0.15) is 11.9 Å². The highest BCUT2D eigenvalue weighted by Crippen LogP contribution is 2.36. The van der Waals surface area contributed by atoms with Gasteiger partial charge in [-0.25, -0.2) is 0 Å². The molecule has 0 heterocycles. The zero-order valence-corrected chi connectivity index (χ0v) is 14.0. The highest BCUT2D eigenvalue weighted by atomic mass is 79.9. The second kappa shape index (κ2) is 6.27. The predicted octanol–water partition coefficient (Wildman–Crippen LogP) is 4.96. The second-order valence-electron chi connectivity index (χ2n) is 3.95. The molecule has 0 saturated heterocycles. The Morgan fingerprint density at radius 1 is 1.11 bits per heavy atom. The second-order valence-corrected chi connectivity index (χ2v) is 6.16. The topological polar surface area (TPSA) is 29.5 Å². The average molecular weight is 407 g/mol. The first kappa shape index (κ1) is 14.9. The summed E-state index contributed by atoms with van der Waals surface area (Å²) < 4.78 is 7.02. The van der Waals surface area contributed by atoms with Crippen LogP contribution in [0.5, 0.6) is 5.75 Å². The van der Waals surface area contributed by atoms with Crippen LogP contribution in [0.3, 0.4) is 0 Å². The van der Waals surface area contributed by atoms with Crippen molar-refractivity contribution >= 4 is 43.5 Å². The van der Waals surface area contributed by atoms with Crippen molar-refractivity contribution < 1.29 is 9.84 Å². The van der Waals surface area contributed by atoms with E-state index >= 15 is 0 Å². The maximum Gasteiger partial charge on any atom is 0.125 e.